The van der Waals surface area contributed by atoms with Gasteiger partial charge in [0.1, 0.15) is 0 Å². The summed E-state index contributed by atoms with van der Waals surface area (Å²) < 4.78 is 7.37. The lowest BCUT2D eigenvalue weighted by Gasteiger charge is -2.32. The van der Waals surface area contributed by atoms with Crippen LogP contribution in [0.3, 0.4) is 0 Å². The highest BCUT2D eigenvalue weighted by atomic mass is 32.1. The zero-order chi connectivity index (χ0) is 14.1. The molecule has 20 heavy (non-hydrogen) atoms. The van der Waals surface area contributed by atoms with Gasteiger partial charge in [0, 0.05) is 50.2 Å². The molecule has 0 fully saturated rings. The fraction of sp³-hybridized carbons (Fsp3) is 0.571. The SMILES string of the molecule is COC[C@H]1CN(Cc2scnc2C)Cc2c1cnn2C. The van der Waals surface area contributed by atoms with Gasteiger partial charge in [0.05, 0.1) is 29.7 Å². The van der Waals surface area contributed by atoms with E-state index in [2.05, 4.69) is 21.9 Å². The maximum absolute atomic E-state index is 5.38. The van der Waals surface area contributed by atoms with E-state index in [0.29, 0.717) is 5.92 Å². The van der Waals surface area contributed by atoms with Gasteiger partial charge in [-0.25, -0.2) is 4.98 Å². The van der Waals surface area contributed by atoms with E-state index in [1.807, 2.05) is 23.4 Å². The molecular formula is C14H20N4OS. The number of hydrogen-bond acceptors (Lipinski definition) is 5. The summed E-state index contributed by atoms with van der Waals surface area (Å²) in [5.41, 5.74) is 5.72. The fourth-order valence-electron chi connectivity index (χ4n) is 2.85. The second-order valence-electron chi connectivity index (χ2n) is 5.35. The number of aryl methyl sites for hydroxylation is 2. The molecule has 0 radical (unpaired) electrons. The summed E-state index contributed by atoms with van der Waals surface area (Å²) in [6.07, 6.45) is 1.99. The molecule has 2 aromatic rings. The molecule has 5 nitrogen and oxygen atoms in total. The number of aromatic nitrogens is 3. The van der Waals surface area contributed by atoms with Gasteiger partial charge in [-0.05, 0) is 6.92 Å². The van der Waals surface area contributed by atoms with Crippen molar-refractivity contribution in [3.63, 3.8) is 0 Å². The van der Waals surface area contributed by atoms with E-state index in [1.165, 1.54) is 16.1 Å². The second kappa shape index (κ2) is 5.63. The predicted molar refractivity (Wildman–Crippen MR) is 78.8 cm³/mol. The minimum Gasteiger partial charge on any atom is -0.384 e. The molecule has 0 saturated heterocycles. The van der Waals surface area contributed by atoms with Gasteiger partial charge in [-0.1, -0.05) is 0 Å². The Morgan fingerprint density at radius 3 is 3.05 bits per heavy atom. The van der Waals surface area contributed by atoms with Crippen molar-refractivity contribution in [1.82, 2.24) is 19.7 Å². The van der Waals surface area contributed by atoms with Crippen LogP contribution in [0.1, 0.15) is 27.7 Å². The van der Waals surface area contributed by atoms with Crippen molar-refractivity contribution in [2.45, 2.75) is 25.9 Å². The van der Waals surface area contributed by atoms with E-state index in [9.17, 15) is 0 Å². The van der Waals surface area contributed by atoms with Gasteiger partial charge in [-0.15, -0.1) is 11.3 Å². The Morgan fingerprint density at radius 1 is 1.50 bits per heavy atom. The van der Waals surface area contributed by atoms with Crippen LogP contribution in [-0.4, -0.2) is 39.9 Å². The highest BCUT2D eigenvalue weighted by Crippen LogP contribution is 2.29. The Kier molecular flexibility index (Phi) is 3.87. The van der Waals surface area contributed by atoms with Gasteiger partial charge in [-0.2, -0.15) is 5.10 Å². The molecule has 0 aliphatic carbocycles. The molecule has 1 aliphatic rings. The molecule has 1 atom stereocenters. The number of methoxy groups -OCH3 is 1. The topological polar surface area (TPSA) is 43.2 Å². The molecule has 1 aliphatic heterocycles. The number of rotatable bonds is 4. The van der Waals surface area contributed by atoms with Crippen LogP contribution >= 0.6 is 11.3 Å². The Labute approximate surface area is 123 Å². The summed E-state index contributed by atoms with van der Waals surface area (Å²) in [4.78, 5) is 8.16. The number of thiazole rings is 1. The summed E-state index contributed by atoms with van der Waals surface area (Å²) in [7, 11) is 3.78. The number of hydrogen-bond donors (Lipinski definition) is 0. The standard InChI is InChI=1S/C14H20N4OS/c1-10-14(20-9-15-10)7-18-5-11(8-19-3)12-4-16-17(2)13(12)6-18/h4,9,11H,5-8H2,1-3H3/t11-/m1/s1. The van der Waals surface area contributed by atoms with Crippen LogP contribution in [0.2, 0.25) is 0 Å². The van der Waals surface area contributed by atoms with E-state index in [0.717, 1.165) is 31.9 Å². The van der Waals surface area contributed by atoms with Crippen molar-refractivity contribution < 1.29 is 4.74 Å². The van der Waals surface area contributed by atoms with Gasteiger partial charge >= 0.3 is 0 Å². The van der Waals surface area contributed by atoms with Crippen LogP contribution in [0.25, 0.3) is 0 Å². The van der Waals surface area contributed by atoms with Crippen molar-refractivity contribution >= 4 is 11.3 Å². The third-order valence-corrected chi connectivity index (χ3v) is 4.89. The molecule has 0 aromatic carbocycles. The molecule has 0 spiro atoms. The number of ether oxygens (including phenoxy) is 1. The molecule has 0 unspecified atom stereocenters. The molecular weight excluding hydrogens is 272 g/mol. The van der Waals surface area contributed by atoms with Crippen LogP contribution in [0.5, 0.6) is 0 Å². The molecule has 2 aromatic heterocycles. The maximum atomic E-state index is 5.38. The van der Waals surface area contributed by atoms with E-state index < -0.39 is 0 Å². The van der Waals surface area contributed by atoms with Crippen molar-refractivity contribution in [3.8, 4) is 0 Å². The van der Waals surface area contributed by atoms with Crippen LogP contribution in [0, 0.1) is 6.92 Å². The molecule has 3 rings (SSSR count). The highest BCUT2D eigenvalue weighted by Gasteiger charge is 2.28. The van der Waals surface area contributed by atoms with Crippen LogP contribution in [-0.2, 0) is 24.9 Å². The first-order valence-electron chi connectivity index (χ1n) is 6.80. The quantitative estimate of drug-likeness (QED) is 0.863. The van der Waals surface area contributed by atoms with Crippen molar-refractivity contribution in [1.29, 1.82) is 0 Å². The third kappa shape index (κ3) is 2.51. The highest BCUT2D eigenvalue weighted by molar-refractivity contribution is 7.09. The summed E-state index contributed by atoms with van der Waals surface area (Å²) in [5.74, 6) is 0.408. The maximum Gasteiger partial charge on any atom is 0.0798 e. The molecule has 108 valence electrons. The molecule has 3 heterocycles. The third-order valence-electron chi connectivity index (χ3n) is 3.97. The largest absolute Gasteiger partial charge is 0.384 e. The first-order valence-corrected chi connectivity index (χ1v) is 7.68. The molecule has 0 N–H and O–H groups in total. The summed E-state index contributed by atoms with van der Waals surface area (Å²) in [5, 5.41) is 4.40. The number of nitrogens with zero attached hydrogens (tertiary/aromatic N) is 4. The van der Waals surface area contributed by atoms with Gasteiger partial charge in [-0.3, -0.25) is 9.58 Å². The summed E-state index contributed by atoms with van der Waals surface area (Å²) >= 11 is 1.74. The lowest BCUT2D eigenvalue weighted by molar-refractivity contribution is 0.135. The van der Waals surface area contributed by atoms with Gasteiger partial charge in [0.15, 0.2) is 0 Å². The first kappa shape index (κ1) is 13.7. The molecule has 0 bridgehead atoms. The zero-order valence-corrected chi connectivity index (χ0v) is 13.0. The van der Waals surface area contributed by atoms with Crippen molar-refractivity contribution in [3.05, 3.63) is 33.5 Å². The number of fused-ring (bicyclic) bond motifs is 1. The van der Waals surface area contributed by atoms with E-state index in [4.69, 9.17) is 4.74 Å². The smallest absolute Gasteiger partial charge is 0.0798 e. The molecule has 6 heteroatoms. The average molecular weight is 292 g/mol. The lowest BCUT2D eigenvalue weighted by atomic mass is 9.95. The zero-order valence-electron chi connectivity index (χ0n) is 12.2. The van der Waals surface area contributed by atoms with E-state index >= 15 is 0 Å². The van der Waals surface area contributed by atoms with Gasteiger partial charge in [0.2, 0.25) is 0 Å². The second-order valence-corrected chi connectivity index (χ2v) is 6.29. The summed E-state index contributed by atoms with van der Waals surface area (Å²) in [6, 6.07) is 0. The van der Waals surface area contributed by atoms with Crippen LogP contribution < -0.4 is 0 Å². The van der Waals surface area contributed by atoms with Gasteiger partial charge in [0.25, 0.3) is 0 Å². The lowest BCUT2D eigenvalue weighted by Crippen LogP contribution is -2.35. The average Bonchev–Trinajstić information content (AvgIpc) is 2.99. The minimum absolute atomic E-state index is 0.408. The normalized spacial score (nSPS) is 19.2. The molecule has 0 saturated carbocycles. The van der Waals surface area contributed by atoms with Crippen LogP contribution in [0.4, 0.5) is 0 Å². The van der Waals surface area contributed by atoms with Crippen molar-refractivity contribution in [2.24, 2.45) is 7.05 Å². The Balaban J connectivity index is 1.82. The van der Waals surface area contributed by atoms with Crippen LogP contribution in [0.15, 0.2) is 11.7 Å². The first-order chi connectivity index (χ1) is 9.69. The van der Waals surface area contributed by atoms with E-state index in [1.54, 1.807) is 18.4 Å². The Hall–Kier alpha value is -1.24. The monoisotopic (exact) mass is 292 g/mol. The van der Waals surface area contributed by atoms with E-state index in [-0.39, 0.29) is 0 Å². The fourth-order valence-corrected chi connectivity index (χ4v) is 3.66. The predicted octanol–water partition coefficient (Wildman–Crippen LogP) is 1.93. The minimum atomic E-state index is 0.408. The Bertz CT molecular complexity index is 592. The summed E-state index contributed by atoms with van der Waals surface area (Å²) in [6.45, 7) is 5.75. The van der Waals surface area contributed by atoms with Crippen molar-refractivity contribution in [2.75, 3.05) is 20.3 Å². The Morgan fingerprint density at radius 2 is 2.35 bits per heavy atom. The van der Waals surface area contributed by atoms with Gasteiger partial charge < -0.3 is 4.74 Å². The molecule has 0 amide bonds.